The van der Waals surface area contributed by atoms with Gasteiger partial charge in [0.1, 0.15) is 0 Å². The van der Waals surface area contributed by atoms with Crippen molar-refractivity contribution in [3.05, 3.63) is 48.0 Å². The normalized spacial score (nSPS) is 12.5. The van der Waals surface area contributed by atoms with E-state index in [-0.39, 0.29) is 6.04 Å². The van der Waals surface area contributed by atoms with Gasteiger partial charge in [-0.2, -0.15) is 0 Å². The number of benzene rings is 1. The highest BCUT2D eigenvalue weighted by atomic mass is 14.6. The lowest BCUT2D eigenvalue weighted by molar-refractivity contribution is 0.741. The van der Waals surface area contributed by atoms with E-state index >= 15 is 0 Å². The smallest absolute Gasteiger partial charge is 0.0329 e. The highest BCUT2D eigenvalue weighted by Crippen LogP contribution is 2.14. The van der Waals surface area contributed by atoms with Crippen molar-refractivity contribution in [1.82, 2.24) is 0 Å². The maximum absolute atomic E-state index is 5.90. The van der Waals surface area contributed by atoms with Crippen LogP contribution < -0.4 is 5.73 Å². The molecule has 1 heteroatoms. The predicted molar refractivity (Wildman–Crippen MR) is 52.9 cm³/mol. The second kappa shape index (κ2) is 4.07. The van der Waals surface area contributed by atoms with Gasteiger partial charge in [-0.3, -0.25) is 0 Å². The zero-order valence-corrected chi connectivity index (χ0v) is 7.46. The van der Waals surface area contributed by atoms with Crippen molar-refractivity contribution in [2.24, 2.45) is 5.73 Å². The Morgan fingerprint density at radius 1 is 1.58 bits per heavy atom. The second-order valence-corrected chi connectivity index (χ2v) is 3.05. The molecular weight excluding hydrogens is 146 g/mol. The summed E-state index contributed by atoms with van der Waals surface area (Å²) >= 11 is 0. The molecule has 0 aromatic heterocycles. The van der Waals surface area contributed by atoms with E-state index in [1.807, 2.05) is 12.1 Å². The molecule has 1 unspecified atom stereocenters. The van der Waals surface area contributed by atoms with Crippen LogP contribution in [0.5, 0.6) is 0 Å². The molecule has 1 nitrogen and oxygen atoms in total. The quantitative estimate of drug-likeness (QED) is 0.677. The lowest BCUT2D eigenvalue weighted by Gasteiger charge is -2.09. The van der Waals surface area contributed by atoms with Crippen LogP contribution in [0.2, 0.25) is 0 Å². The molecular formula is C11H15N. The average Bonchev–Trinajstić information content (AvgIpc) is 2.05. The van der Waals surface area contributed by atoms with Gasteiger partial charge in [0.25, 0.3) is 0 Å². The van der Waals surface area contributed by atoms with Gasteiger partial charge >= 0.3 is 0 Å². The number of hydrogen-bond acceptors (Lipinski definition) is 1. The fourth-order valence-electron chi connectivity index (χ4n) is 1.22. The van der Waals surface area contributed by atoms with Gasteiger partial charge in [-0.1, -0.05) is 35.9 Å². The first-order valence-electron chi connectivity index (χ1n) is 4.17. The van der Waals surface area contributed by atoms with Gasteiger partial charge in [-0.05, 0) is 18.9 Å². The Labute approximate surface area is 73.9 Å². The van der Waals surface area contributed by atoms with E-state index in [0.29, 0.717) is 0 Å². The zero-order valence-electron chi connectivity index (χ0n) is 7.46. The largest absolute Gasteiger partial charge is 0.324 e. The molecule has 2 N–H and O–H groups in total. The van der Waals surface area contributed by atoms with Crippen LogP contribution in [-0.4, -0.2) is 0 Å². The van der Waals surface area contributed by atoms with Crippen LogP contribution in [-0.2, 0) is 0 Å². The van der Waals surface area contributed by atoms with Crippen LogP contribution in [0.15, 0.2) is 36.9 Å². The van der Waals surface area contributed by atoms with Crippen molar-refractivity contribution >= 4 is 0 Å². The summed E-state index contributed by atoms with van der Waals surface area (Å²) in [6, 6.07) is 8.38. The highest BCUT2D eigenvalue weighted by molar-refractivity contribution is 5.25. The summed E-state index contributed by atoms with van der Waals surface area (Å²) in [6.07, 6.45) is 2.69. The molecule has 12 heavy (non-hydrogen) atoms. The fourth-order valence-corrected chi connectivity index (χ4v) is 1.22. The molecule has 0 radical (unpaired) electrons. The van der Waals surface area contributed by atoms with Gasteiger partial charge < -0.3 is 5.73 Å². The lowest BCUT2D eigenvalue weighted by Crippen LogP contribution is -2.08. The summed E-state index contributed by atoms with van der Waals surface area (Å²) in [6.45, 7) is 5.74. The van der Waals surface area contributed by atoms with Gasteiger partial charge in [0.05, 0.1) is 0 Å². The molecule has 0 bridgehead atoms. The van der Waals surface area contributed by atoms with Crippen molar-refractivity contribution in [2.75, 3.05) is 0 Å². The molecule has 0 aliphatic carbocycles. The van der Waals surface area contributed by atoms with Crippen molar-refractivity contribution in [1.29, 1.82) is 0 Å². The Morgan fingerprint density at radius 3 is 2.92 bits per heavy atom. The maximum Gasteiger partial charge on any atom is 0.0329 e. The average molecular weight is 161 g/mol. The molecule has 0 saturated heterocycles. The van der Waals surface area contributed by atoms with Crippen LogP contribution in [0.3, 0.4) is 0 Å². The van der Waals surface area contributed by atoms with E-state index in [0.717, 1.165) is 6.42 Å². The molecule has 1 aromatic rings. The predicted octanol–water partition coefficient (Wildman–Crippen LogP) is 2.57. The minimum atomic E-state index is 0.0994. The third-order valence-electron chi connectivity index (χ3n) is 1.89. The van der Waals surface area contributed by atoms with E-state index in [9.17, 15) is 0 Å². The monoisotopic (exact) mass is 161 g/mol. The van der Waals surface area contributed by atoms with Crippen molar-refractivity contribution in [3.63, 3.8) is 0 Å². The molecule has 0 aliphatic heterocycles. The molecule has 1 atom stereocenters. The molecule has 0 spiro atoms. The molecule has 0 heterocycles. The van der Waals surface area contributed by atoms with Crippen LogP contribution >= 0.6 is 0 Å². The van der Waals surface area contributed by atoms with Crippen LogP contribution in [0.4, 0.5) is 0 Å². The van der Waals surface area contributed by atoms with E-state index in [4.69, 9.17) is 5.73 Å². The van der Waals surface area contributed by atoms with E-state index in [1.165, 1.54) is 11.1 Å². The molecule has 0 saturated carbocycles. The number of aryl methyl sites for hydroxylation is 1. The first-order valence-corrected chi connectivity index (χ1v) is 4.17. The Kier molecular flexibility index (Phi) is 3.06. The molecule has 0 fully saturated rings. The van der Waals surface area contributed by atoms with Gasteiger partial charge in [0, 0.05) is 6.04 Å². The van der Waals surface area contributed by atoms with Gasteiger partial charge in [-0.25, -0.2) is 0 Å². The summed E-state index contributed by atoms with van der Waals surface area (Å²) in [4.78, 5) is 0. The molecule has 1 aromatic carbocycles. The molecule has 0 aliphatic rings. The van der Waals surface area contributed by atoms with Crippen molar-refractivity contribution in [2.45, 2.75) is 19.4 Å². The van der Waals surface area contributed by atoms with Gasteiger partial charge in [0.15, 0.2) is 0 Å². The van der Waals surface area contributed by atoms with Crippen LogP contribution in [0, 0.1) is 6.92 Å². The Hall–Kier alpha value is -1.08. The van der Waals surface area contributed by atoms with Crippen molar-refractivity contribution in [3.8, 4) is 0 Å². The summed E-state index contributed by atoms with van der Waals surface area (Å²) in [5.74, 6) is 0. The topological polar surface area (TPSA) is 26.0 Å². The van der Waals surface area contributed by atoms with Crippen LogP contribution in [0.1, 0.15) is 23.6 Å². The first-order chi connectivity index (χ1) is 5.74. The molecule has 0 amide bonds. The first kappa shape index (κ1) is 9.01. The zero-order chi connectivity index (χ0) is 8.97. The Balaban J connectivity index is 2.80. The standard InChI is InChI=1S/C11H15N/c1-3-5-11(12)10-7-4-6-9(2)8-10/h3-4,6-8,11H,1,5,12H2,2H3. The van der Waals surface area contributed by atoms with Crippen molar-refractivity contribution < 1.29 is 0 Å². The Bertz CT molecular complexity index is 265. The van der Waals surface area contributed by atoms with Crippen LogP contribution in [0.25, 0.3) is 0 Å². The van der Waals surface area contributed by atoms with E-state index in [2.05, 4.69) is 31.7 Å². The molecule has 1 rings (SSSR count). The number of rotatable bonds is 3. The third-order valence-corrected chi connectivity index (χ3v) is 1.89. The SMILES string of the molecule is C=CCC(N)c1cccc(C)c1. The Morgan fingerprint density at radius 2 is 2.33 bits per heavy atom. The lowest BCUT2D eigenvalue weighted by atomic mass is 10.0. The van der Waals surface area contributed by atoms with E-state index < -0.39 is 0 Å². The van der Waals surface area contributed by atoms with Gasteiger partial charge in [-0.15, -0.1) is 6.58 Å². The third kappa shape index (κ3) is 2.21. The van der Waals surface area contributed by atoms with Gasteiger partial charge in [0.2, 0.25) is 0 Å². The fraction of sp³-hybridized carbons (Fsp3) is 0.273. The maximum atomic E-state index is 5.90. The number of hydrogen-bond donors (Lipinski definition) is 1. The summed E-state index contributed by atoms with van der Waals surface area (Å²) in [7, 11) is 0. The second-order valence-electron chi connectivity index (χ2n) is 3.05. The molecule has 64 valence electrons. The van der Waals surface area contributed by atoms with E-state index in [1.54, 1.807) is 0 Å². The summed E-state index contributed by atoms with van der Waals surface area (Å²) < 4.78 is 0. The summed E-state index contributed by atoms with van der Waals surface area (Å²) in [5.41, 5.74) is 8.35. The highest BCUT2D eigenvalue weighted by Gasteiger charge is 2.02. The summed E-state index contributed by atoms with van der Waals surface area (Å²) in [5, 5.41) is 0. The number of nitrogens with two attached hydrogens (primary N) is 1. The minimum absolute atomic E-state index is 0.0994. The minimum Gasteiger partial charge on any atom is -0.324 e.